The highest BCUT2D eigenvalue weighted by Gasteiger charge is 2.61. The number of imide groups is 1. The summed E-state index contributed by atoms with van der Waals surface area (Å²) in [5.74, 6) is 0.0171. The third kappa shape index (κ3) is 2.80. The van der Waals surface area contributed by atoms with Crippen LogP contribution >= 0.6 is 0 Å². The van der Waals surface area contributed by atoms with Crippen LogP contribution < -0.4 is 9.64 Å². The Bertz CT molecular complexity index is 1220. The summed E-state index contributed by atoms with van der Waals surface area (Å²) in [6, 6.07) is 20.0. The van der Waals surface area contributed by atoms with Crippen LogP contribution in [0.25, 0.3) is 10.8 Å². The molecule has 3 fully saturated rings. The van der Waals surface area contributed by atoms with Gasteiger partial charge in [0.15, 0.2) is 0 Å². The fourth-order valence-corrected chi connectivity index (χ4v) is 5.83. The van der Waals surface area contributed by atoms with Gasteiger partial charge in [-0.1, -0.05) is 36.4 Å². The quantitative estimate of drug-likeness (QED) is 0.359. The van der Waals surface area contributed by atoms with E-state index in [9.17, 15) is 14.4 Å². The number of benzene rings is 3. The molecular weight excluding hydrogens is 390 g/mol. The maximum absolute atomic E-state index is 13.1. The second kappa shape index (κ2) is 6.77. The van der Waals surface area contributed by atoms with Crippen molar-refractivity contribution in [2.45, 2.75) is 19.3 Å². The number of esters is 1. The highest BCUT2D eigenvalue weighted by molar-refractivity contribution is 6.22. The van der Waals surface area contributed by atoms with Crippen LogP contribution in [-0.4, -0.2) is 17.8 Å². The Kier molecular flexibility index (Phi) is 4.00. The molecule has 1 heterocycles. The van der Waals surface area contributed by atoms with E-state index in [1.54, 1.807) is 30.3 Å². The lowest BCUT2D eigenvalue weighted by Crippen LogP contribution is -2.32. The number of hydrogen-bond acceptors (Lipinski definition) is 4. The number of carbonyl (C=O) groups excluding carboxylic acids is 3. The molecule has 5 nitrogen and oxygen atoms in total. The van der Waals surface area contributed by atoms with Crippen molar-refractivity contribution in [3.63, 3.8) is 0 Å². The number of hydrogen-bond donors (Lipinski definition) is 0. The summed E-state index contributed by atoms with van der Waals surface area (Å²) in [5.41, 5.74) is 0.767. The van der Waals surface area contributed by atoms with Gasteiger partial charge >= 0.3 is 5.97 Å². The molecule has 0 spiro atoms. The topological polar surface area (TPSA) is 63.7 Å². The zero-order valence-electron chi connectivity index (χ0n) is 16.9. The second-order valence-corrected chi connectivity index (χ2v) is 8.85. The summed E-state index contributed by atoms with van der Waals surface area (Å²) in [7, 11) is 0. The van der Waals surface area contributed by atoms with E-state index >= 15 is 0 Å². The van der Waals surface area contributed by atoms with Crippen molar-refractivity contribution in [2.24, 2.45) is 23.7 Å². The predicted molar refractivity (Wildman–Crippen MR) is 116 cm³/mol. The summed E-state index contributed by atoms with van der Waals surface area (Å²) < 4.78 is 5.57. The molecule has 5 heteroatoms. The summed E-state index contributed by atoms with van der Waals surface area (Å²) in [6.45, 7) is 0. The Morgan fingerprint density at radius 3 is 2.26 bits per heavy atom. The Morgan fingerprint density at radius 1 is 0.806 bits per heavy atom. The van der Waals surface area contributed by atoms with Gasteiger partial charge in [-0.3, -0.25) is 14.5 Å². The largest absolute Gasteiger partial charge is 0.423 e. The van der Waals surface area contributed by atoms with E-state index in [1.807, 2.05) is 36.4 Å². The molecule has 0 radical (unpaired) electrons. The van der Waals surface area contributed by atoms with E-state index in [0.29, 0.717) is 28.8 Å². The first-order chi connectivity index (χ1) is 15.1. The lowest BCUT2D eigenvalue weighted by Gasteiger charge is -2.19. The number of amides is 2. The Hall–Kier alpha value is -3.47. The van der Waals surface area contributed by atoms with Gasteiger partial charge in [-0.2, -0.15) is 0 Å². The van der Waals surface area contributed by atoms with Crippen LogP contribution in [0.5, 0.6) is 5.75 Å². The molecule has 4 atom stereocenters. The van der Waals surface area contributed by atoms with Crippen LogP contribution in [0, 0.1) is 23.7 Å². The van der Waals surface area contributed by atoms with Crippen molar-refractivity contribution >= 4 is 34.2 Å². The van der Waals surface area contributed by atoms with E-state index in [0.717, 1.165) is 30.0 Å². The average molecular weight is 411 g/mol. The molecule has 1 saturated heterocycles. The van der Waals surface area contributed by atoms with Crippen LogP contribution in [0.1, 0.15) is 29.6 Å². The zero-order chi connectivity index (χ0) is 21.1. The van der Waals surface area contributed by atoms with Crippen molar-refractivity contribution in [1.82, 2.24) is 0 Å². The number of anilines is 1. The first-order valence-electron chi connectivity index (χ1n) is 10.8. The van der Waals surface area contributed by atoms with Crippen molar-refractivity contribution in [3.05, 3.63) is 72.3 Å². The summed E-state index contributed by atoms with van der Waals surface area (Å²) >= 11 is 0. The fourth-order valence-electron chi connectivity index (χ4n) is 5.83. The molecule has 6 rings (SSSR count). The minimum Gasteiger partial charge on any atom is -0.423 e. The van der Waals surface area contributed by atoms with E-state index in [2.05, 4.69) is 0 Å². The number of carbonyl (C=O) groups is 3. The Morgan fingerprint density at radius 2 is 1.52 bits per heavy atom. The monoisotopic (exact) mass is 411 g/mol. The van der Waals surface area contributed by atoms with Crippen LogP contribution in [0.4, 0.5) is 5.69 Å². The third-order valence-corrected chi connectivity index (χ3v) is 7.20. The van der Waals surface area contributed by atoms with Gasteiger partial charge in [0, 0.05) is 0 Å². The van der Waals surface area contributed by atoms with E-state index in [-0.39, 0.29) is 23.7 Å². The molecule has 0 unspecified atom stereocenters. The fraction of sp³-hybridized carbons (Fsp3) is 0.269. The predicted octanol–water partition coefficient (Wildman–Crippen LogP) is 4.59. The molecule has 3 aromatic rings. The van der Waals surface area contributed by atoms with Crippen molar-refractivity contribution in [2.75, 3.05) is 4.90 Å². The Labute approximate surface area is 179 Å². The molecule has 3 aromatic carbocycles. The molecular formula is C26H21NO4. The molecule has 2 aliphatic carbocycles. The van der Waals surface area contributed by atoms with Gasteiger partial charge in [0.2, 0.25) is 11.8 Å². The van der Waals surface area contributed by atoms with Crippen LogP contribution in [0.15, 0.2) is 66.7 Å². The molecule has 0 N–H and O–H groups in total. The molecule has 2 bridgehead atoms. The maximum atomic E-state index is 13.1. The summed E-state index contributed by atoms with van der Waals surface area (Å²) in [4.78, 5) is 40.2. The van der Waals surface area contributed by atoms with Gasteiger partial charge in [0.05, 0.1) is 23.1 Å². The van der Waals surface area contributed by atoms with Gasteiger partial charge in [-0.05, 0) is 72.2 Å². The number of nitrogens with zero attached hydrogens (tertiary/aromatic N) is 1. The minimum absolute atomic E-state index is 0.109. The first kappa shape index (κ1) is 18.3. The normalized spacial score (nSPS) is 26.5. The smallest absolute Gasteiger partial charge is 0.343 e. The highest BCUT2D eigenvalue weighted by atomic mass is 16.5. The molecule has 2 amide bonds. The molecule has 31 heavy (non-hydrogen) atoms. The lowest BCUT2D eigenvalue weighted by atomic mass is 9.81. The zero-order valence-corrected chi connectivity index (χ0v) is 16.9. The first-order valence-corrected chi connectivity index (χ1v) is 10.8. The number of fused-ring (bicyclic) bond motifs is 6. The highest BCUT2D eigenvalue weighted by Crippen LogP contribution is 2.56. The van der Waals surface area contributed by atoms with Crippen molar-refractivity contribution < 1.29 is 19.1 Å². The third-order valence-electron chi connectivity index (χ3n) is 7.20. The van der Waals surface area contributed by atoms with Gasteiger partial charge in [0.1, 0.15) is 5.75 Å². The molecule has 3 aliphatic rings. The SMILES string of the molecule is O=C(Oc1ccc2ccccc2c1)c1cccc(N2C(=O)[C@@H]3[C@H]4CC[C@@H](C4)[C@H]3C2=O)c1. The van der Waals surface area contributed by atoms with E-state index < -0.39 is 5.97 Å². The summed E-state index contributed by atoms with van der Waals surface area (Å²) in [5, 5.41) is 2.05. The van der Waals surface area contributed by atoms with Crippen molar-refractivity contribution in [1.29, 1.82) is 0 Å². The van der Waals surface area contributed by atoms with Crippen LogP contribution in [-0.2, 0) is 9.59 Å². The van der Waals surface area contributed by atoms with Crippen LogP contribution in [0.2, 0.25) is 0 Å². The van der Waals surface area contributed by atoms with Crippen molar-refractivity contribution in [3.8, 4) is 5.75 Å². The maximum Gasteiger partial charge on any atom is 0.343 e. The second-order valence-electron chi connectivity index (χ2n) is 8.85. The molecule has 154 valence electrons. The van der Waals surface area contributed by atoms with E-state index in [4.69, 9.17) is 4.74 Å². The number of rotatable bonds is 3. The molecule has 0 aromatic heterocycles. The van der Waals surface area contributed by atoms with Gasteiger partial charge in [-0.25, -0.2) is 4.79 Å². The molecule has 1 aliphatic heterocycles. The van der Waals surface area contributed by atoms with E-state index in [1.165, 1.54) is 4.90 Å². The lowest BCUT2D eigenvalue weighted by molar-refractivity contribution is -0.123. The average Bonchev–Trinajstić information content (AvgIpc) is 3.47. The Balaban J connectivity index is 1.26. The standard InChI is InChI=1S/C26H21NO4/c28-24-22-17-8-9-18(12-17)23(22)25(29)27(24)20-7-3-6-19(13-20)26(30)31-21-11-10-15-4-1-2-5-16(15)14-21/h1-7,10-11,13-14,17-18,22-23H,8-9,12H2/t17-,18-,22+,23+/m0/s1. The number of ether oxygens (including phenoxy) is 1. The van der Waals surface area contributed by atoms with Gasteiger partial charge < -0.3 is 4.74 Å². The molecule has 2 saturated carbocycles. The summed E-state index contributed by atoms with van der Waals surface area (Å²) in [6.07, 6.45) is 3.08. The minimum atomic E-state index is -0.517. The van der Waals surface area contributed by atoms with Gasteiger partial charge in [-0.15, -0.1) is 0 Å². The van der Waals surface area contributed by atoms with Gasteiger partial charge in [0.25, 0.3) is 0 Å². The van der Waals surface area contributed by atoms with Crippen LogP contribution in [0.3, 0.4) is 0 Å².